The molecule has 0 radical (unpaired) electrons. The number of aromatic amines is 1. The standard InChI is InChI=1S/C22H26N4O2S/c1-4-13-26(14-17-7-5-16(2)6-8-17)20(27)15-29-22-23-21(24-25-22)18-9-11-19(28-3)12-10-18/h5-12H,4,13-15H2,1-3H3,(H,23,24,25). The molecular formula is C22H26N4O2S. The molecule has 3 aromatic rings. The van der Waals surface area contributed by atoms with Gasteiger partial charge in [-0.1, -0.05) is 48.5 Å². The number of carbonyl (C=O) groups is 1. The molecule has 0 aliphatic heterocycles. The van der Waals surface area contributed by atoms with E-state index in [4.69, 9.17) is 4.74 Å². The predicted octanol–water partition coefficient (Wildman–Crippen LogP) is 4.32. The number of rotatable bonds is 9. The highest BCUT2D eigenvalue weighted by molar-refractivity contribution is 7.99. The number of hydrogen-bond acceptors (Lipinski definition) is 5. The van der Waals surface area contributed by atoms with Crippen LogP contribution >= 0.6 is 11.8 Å². The normalized spacial score (nSPS) is 10.7. The number of ether oxygens (including phenoxy) is 1. The first-order chi connectivity index (χ1) is 14.1. The molecule has 0 saturated carbocycles. The van der Waals surface area contributed by atoms with Gasteiger partial charge in [-0.15, -0.1) is 5.10 Å². The van der Waals surface area contributed by atoms with E-state index in [2.05, 4.69) is 53.3 Å². The highest BCUT2D eigenvalue weighted by Crippen LogP contribution is 2.22. The predicted molar refractivity (Wildman–Crippen MR) is 116 cm³/mol. The molecule has 0 aliphatic rings. The number of carbonyl (C=O) groups excluding carboxylic acids is 1. The number of aryl methyl sites for hydroxylation is 1. The van der Waals surface area contributed by atoms with Gasteiger partial charge in [0.2, 0.25) is 11.1 Å². The molecule has 1 heterocycles. The number of methoxy groups -OCH3 is 1. The summed E-state index contributed by atoms with van der Waals surface area (Å²) >= 11 is 1.35. The highest BCUT2D eigenvalue weighted by atomic mass is 32.2. The molecule has 0 spiro atoms. The molecule has 0 unspecified atom stereocenters. The average molecular weight is 411 g/mol. The summed E-state index contributed by atoms with van der Waals surface area (Å²) in [5.41, 5.74) is 3.28. The first-order valence-electron chi connectivity index (χ1n) is 9.62. The molecule has 0 saturated heterocycles. The summed E-state index contributed by atoms with van der Waals surface area (Å²) in [5, 5.41) is 7.73. The number of thioether (sulfide) groups is 1. The molecule has 152 valence electrons. The van der Waals surface area contributed by atoms with Gasteiger partial charge in [-0.3, -0.25) is 9.89 Å². The summed E-state index contributed by atoms with van der Waals surface area (Å²) in [6.07, 6.45) is 0.921. The molecule has 0 atom stereocenters. The number of aromatic nitrogens is 3. The fraction of sp³-hybridized carbons (Fsp3) is 0.318. The zero-order chi connectivity index (χ0) is 20.6. The first kappa shape index (κ1) is 20.9. The first-order valence-corrected chi connectivity index (χ1v) is 10.6. The number of H-pyrrole nitrogens is 1. The summed E-state index contributed by atoms with van der Waals surface area (Å²) in [6, 6.07) is 15.9. The topological polar surface area (TPSA) is 71.1 Å². The van der Waals surface area contributed by atoms with Gasteiger partial charge >= 0.3 is 0 Å². The highest BCUT2D eigenvalue weighted by Gasteiger charge is 2.15. The van der Waals surface area contributed by atoms with E-state index in [9.17, 15) is 4.79 Å². The summed E-state index contributed by atoms with van der Waals surface area (Å²) in [7, 11) is 1.63. The van der Waals surface area contributed by atoms with Crippen LogP contribution in [0.3, 0.4) is 0 Å². The van der Waals surface area contributed by atoms with Crippen LogP contribution in [0.5, 0.6) is 5.75 Å². The summed E-state index contributed by atoms with van der Waals surface area (Å²) in [5.74, 6) is 1.87. The van der Waals surface area contributed by atoms with E-state index < -0.39 is 0 Å². The van der Waals surface area contributed by atoms with Gasteiger partial charge in [-0.05, 0) is 43.2 Å². The zero-order valence-electron chi connectivity index (χ0n) is 17.0. The lowest BCUT2D eigenvalue weighted by atomic mass is 10.1. The van der Waals surface area contributed by atoms with Crippen molar-refractivity contribution < 1.29 is 9.53 Å². The van der Waals surface area contributed by atoms with Gasteiger partial charge in [0.25, 0.3) is 0 Å². The van der Waals surface area contributed by atoms with Crippen molar-refractivity contribution in [3.63, 3.8) is 0 Å². The molecular weight excluding hydrogens is 384 g/mol. The van der Waals surface area contributed by atoms with Crippen LogP contribution < -0.4 is 4.74 Å². The Morgan fingerprint density at radius 2 is 1.86 bits per heavy atom. The lowest BCUT2D eigenvalue weighted by molar-refractivity contribution is -0.129. The van der Waals surface area contributed by atoms with E-state index in [0.29, 0.717) is 23.3 Å². The number of nitrogens with zero attached hydrogens (tertiary/aromatic N) is 3. The second kappa shape index (κ2) is 10.1. The van der Waals surface area contributed by atoms with Crippen LogP contribution in [0.25, 0.3) is 11.4 Å². The molecule has 6 nitrogen and oxygen atoms in total. The molecule has 1 aromatic heterocycles. The van der Waals surface area contributed by atoms with Gasteiger partial charge in [0.1, 0.15) is 5.75 Å². The second-order valence-electron chi connectivity index (χ2n) is 6.78. The fourth-order valence-corrected chi connectivity index (χ4v) is 3.58. The van der Waals surface area contributed by atoms with Crippen molar-refractivity contribution in [2.24, 2.45) is 0 Å². The molecule has 1 amide bonds. The summed E-state index contributed by atoms with van der Waals surface area (Å²) in [4.78, 5) is 19.1. The quantitative estimate of drug-likeness (QED) is 0.532. The third kappa shape index (κ3) is 5.84. The Hall–Kier alpha value is -2.80. The van der Waals surface area contributed by atoms with Crippen molar-refractivity contribution >= 4 is 17.7 Å². The van der Waals surface area contributed by atoms with Crippen molar-refractivity contribution in [3.8, 4) is 17.1 Å². The maximum absolute atomic E-state index is 12.8. The van der Waals surface area contributed by atoms with E-state index >= 15 is 0 Å². The Morgan fingerprint density at radius 3 is 2.52 bits per heavy atom. The van der Waals surface area contributed by atoms with Crippen LogP contribution in [0.2, 0.25) is 0 Å². The number of hydrogen-bond donors (Lipinski definition) is 1. The number of nitrogens with one attached hydrogen (secondary N) is 1. The summed E-state index contributed by atoms with van der Waals surface area (Å²) in [6.45, 7) is 5.50. The Kier molecular flexibility index (Phi) is 7.30. The Bertz CT molecular complexity index is 923. The second-order valence-corrected chi connectivity index (χ2v) is 7.73. The minimum Gasteiger partial charge on any atom is -0.497 e. The Labute approximate surface area is 175 Å². The van der Waals surface area contributed by atoms with E-state index in [0.717, 1.165) is 29.8 Å². The van der Waals surface area contributed by atoms with Gasteiger partial charge in [-0.2, -0.15) is 0 Å². The Morgan fingerprint density at radius 1 is 1.14 bits per heavy atom. The maximum Gasteiger partial charge on any atom is 0.233 e. The SMILES string of the molecule is CCCN(Cc1ccc(C)cc1)C(=O)CSc1n[nH]c(-c2ccc(OC)cc2)n1. The van der Waals surface area contributed by atoms with Crippen molar-refractivity contribution in [2.75, 3.05) is 19.4 Å². The van der Waals surface area contributed by atoms with Crippen molar-refractivity contribution in [1.29, 1.82) is 0 Å². The van der Waals surface area contributed by atoms with Crippen LogP contribution in [0.1, 0.15) is 24.5 Å². The lowest BCUT2D eigenvalue weighted by Crippen LogP contribution is -2.32. The van der Waals surface area contributed by atoms with Gasteiger partial charge in [-0.25, -0.2) is 4.98 Å². The molecule has 3 rings (SSSR count). The molecule has 1 N–H and O–H groups in total. The van der Waals surface area contributed by atoms with Crippen molar-refractivity contribution in [2.45, 2.75) is 32.0 Å². The minimum atomic E-state index is 0.0909. The van der Waals surface area contributed by atoms with E-state index in [-0.39, 0.29) is 5.91 Å². The van der Waals surface area contributed by atoms with Crippen molar-refractivity contribution in [3.05, 3.63) is 59.7 Å². The minimum absolute atomic E-state index is 0.0909. The molecule has 29 heavy (non-hydrogen) atoms. The maximum atomic E-state index is 12.8. The van der Waals surface area contributed by atoms with E-state index in [1.54, 1.807) is 7.11 Å². The van der Waals surface area contributed by atoms with E-state index in [1.165, 1.54) is 17.3 Å². The number of amides is 1. The largest absolute Gasteiger partial charge is 0.497 e. The van der Waals surface area contributed by atoms with Crippen molar-refractivity contribution in [1.82, 2.24) is 20.1 Å². The molecule has 0 bridgehead atoms. The van der Waals surface area contributed by atoms with Crippen LogP contribution in [0, 0.1) is 6.92 Å². The average Bonchev–Trinajstić information content (AvgIpc) is 3.22. The third-order valence-corrected chi connectivity index (χ3v) is 5.33. The lowest BCUT2D eigenvalue weighted by Gasteiger charge is -2.22. The van der Waals surface area contributed by atoms with Crippen LogP contribution in [-0.2, 0) is 11.3 Å². The van der Waals surface area contributed by atoms with Crippen LogP contribution in [0.15, 0.2) is 53.7 Å². The van der Waals surface area contributed by atoms with Gasteiger partial charge in [0.15, 0.2) is 5.82 Å². The molecule has 2 aromatic carbocycles. The van der Waals surface area contributed by atoms with Gasteiger partial charge in [0.05, 0.1) is 12.9 Å². The molecule has 0 aliphatic carbocycles. The van der Waals surface area contributed by atoms with Crippen LogP contribution in [0.4, 0.5) is 0 Å². The smallest absolute Gasteiger partial charge is 0.233 e. The summed E-state index contributed by atoms with van der Waals surface area (Å²) < 4.78 is 5.17. The molecule has 0 fully saturated rings. The third-order valence-electron chi connectivity index (χ3n) is 4.49. The monoisotopic (exact) mass is 410 g/mol. The zero-order valence-corrected chi connectivity index (χ0v) is 17.8. The Balaban J connectivity index is 1.59. The molecule has 7 heteroatoms. The van der Waals surface area contributed by atoms with E-state index in [1.807, 2.05) is 29.2 Å². The van der Waals surface area contributed by atoms with Gasteiger partial charge < -0.3 is 9.64 Å². The van der Waals surface area contributed by atoms with Crippen LogP contribution in [-0.4, -0.2) is 45.4 Å². The number of benzene rings is 2. The fourth-order valence-electron chi connectivity index (χ4n) is 2.88. The van der Waals surface area contributed by atoms with Gasteiger partial charge in [0, 0.05) is 18.7 Å².